The maximum Gasteiger partial charge on any atom is 0.389 e. The van der Waals surface area contributed by atoms with E-state index >= 15 is 0 Å². The molecule has 5 aromatic heterocycles. The topological polar surface area (TPSA) is 378 Å². The summed E-state index contributed by atoms with van der Waals surface area (Å²) in [6.07, 6.45) is 0.575. The van der Waals surface area contributed by atoms with Gasteiger partial charge in [0.05, 0.1) is 11.9 Å². The Bertz CT molecular complexity index is 3150. The number of rotatable bonds is 12. The maximum absolute atomic E-state index is 10.8. The molecule has 0 aliphatic carbocycles. The number of alkyl halides is 1. The molecule has 0 fully saturated rings. The van der Waals surface area contributed by atoms with E-state index in [1.54, 1.807) is 72.1 Å². The minimum Gasteiger partial charge on any atom is -0.459 e. The Morgan fingerprint density at radius 2 is 0.750 bits per heavy atom. The first-order chi connectivity index (χ1) is 37.7. The highest BCUT2D eigenvalue weighted by Crippen LogP contribution is 2.24. The van der Waals surface area contributed by atoms with Crippen molar-refractivity contribution >= 4 is 72.9 Å². The van der Waals surface area contributed by atoms with Crippen LogP contribution < -0.4 is 0 Å². The Hall–Kier alpha value is -9.29. The standard InChI is InChI=1S/C10H11N3O4.C9H11N3O2.C8H8BrN3O2.C8H9N3O3.C7H8BrN3O4.C4H6.C2H6/c1-4-5-9-11-10(13(15)16)8(12(9)3)6-17-7(2)14;1-4-6-8-10-9(12(13)14)7(5-2)11(8)3;1-3-4-7-10-8(12(13)14)6(5-9)11(7)2;1-3-4-7-9-8(11(13)14)6(5-12)10(7)2;1-4(12)15-3-5-6(11(13)14)9-7(8)10(5)2;1-3-4-2;1-2/h6H2,1-3H3;5H2,1-3H3;5H2,1-2H3;12H,5H2,1-2H3;3H2,1-2H3;1-2H3;1-2H3. The first-order valence-electron chi connectivity index (χ1n) is 22.8. The molecule has 5 heterocycles. The summed E-state index contributed by atoms with van der Waals surface area (Å²) in [5, 5.41) is 62.4. The van der Waals surface area contributed by atoms with E-state index in [4.69, 9.17) is 9.84 Å². The van der Waals surface area contributed by atoms with Gasteiger partial charge < -0.3 is 65.2 Å². The van der Waals surface area contributed by atoms with Crippen LogP contribution in [0.1, 0.15) is 128 Å². The molecule has 0 unspecified atom stereocenters. The molecule has 5 rings (SSSR count). The number of aromatic nitrogens is 10. The molecule has 430 valence electrons. The summed E-state index contributed by atoms with van der Waals surface area (Å²) in [4.78, 5) is 90.4. The average Bonchev–Trinajstić information content (AvgIpc) is 4.18. The number of halogens is 2. The van der Waals surface area contributed by atoms with Crippen molar-refractivity contribution in [1.29, 1.82) is 0 Å². The molecule has 0 saturated heterocycles. The number of hydrogen-bond acceptors (Lipinski definition) is 20. The molecule has 32 heteroatoms. The second kappa shape index (κ2) is 37.5. The number of carbonyl (C=O) groups excluding carboxylic acids is 2. The molecule has 0 bridgehead atoms. The van der Waals surface area contributed by atoms with Crippen LogP contribution in [0.25, 0.3) is 0 Å². The number of hydrogen-bond donors (Lipinski definition) is 1. The van der Waals surface area contributed by atoms with Crippen LogP contribution in [0.3, 0.4) is 0 Å². The largest absolute Gasteiger partial charge is 0.459 e. The van der Waals surface area contributed by atoms with Gasteiger partial charge in [-0.05, 0) is 121 Å². The normalized spacial score (nSPS) is 9.04. The van der Waals surface area contributed by atoms with Gasteiger partial charge in [0.25, 0.3) is 28.0 Å². The SMILES string of the molecule is CC.CC#CC.CC#Cc1nc([N+](=O)[O-])c(CBr)n1C.CC#Cc1nc([N+](=O)[O-])c(CC)n1C.CC#Cc1nc([N+](=O)[O-])c(CO)n1C.CC#Cc1nc([N+](=O)[O-])c(COC(C)=O)n1C.CC(=O)OCc1c([N+](=O)[O-])nc(Br)n1C. The van der Waals surface area contributed by atoms with Crippen LogP contribution in [-0.4, -0.2) is 89.4 Å². The predicted molar refractivity (Wildman–Crippen MR) is 297 cm³/mol. The molecule has 80 heavy (non-hydrogen) atoms. The highest BCUT2D eigenvalue weighted by atomic mass is 79.9. The minimum atomic E-state index is -0.633. The van der Waals surface area contributed by atoms with E-state index in [9.17, 15) is 60.2 Å². The smallest absolute Gasteiger partial charge is 0.389 e. The Morgan fingerprint density at radius 1 is 0.487 bits per heavy atom. The molecule has 0 atom stereocenters. The number of aliphatic hydroxyl groups excluding tert-OH is 1. The summed E-state index contributed by atoms with van der Waals surface area (Å²) in [7, 11) is 8.18. The third kappa shape index (κ3) is 22.0. The summed E-state index contributed by atoms with van der Waals surface area (Å²) in [6.45, 7) is 17.7. The van der Waals surface area contributed by atoms with Gasteiger partial charge in [-0.25, -0.2) is 0 Å². The molecular formula is C48H59Br2N15O15. The fourth-order valence-electron chi connectivity index (χ4n) is 5.57. The van der Waals surface area contributed by atoms with Gasteiger partial charge in [0.1, 0.15) is 30.3 Å². The lowest BCUT2D eigenvalue weighted by Gasteiger charge is -2.02. The highest BCUT2D eigenvalue weighted by Gasteiger charge is 2.28. The third-order valence-corrected chi connectivity index (χ3v) is 10.6. The fraction of sp³-hybridized carbons (Fsp3) is 0.438. The van der Waals surface area contributed by atoms with E-state index in [1.807, 2.05) is 34.6 Å². The Labute approximate surface area is 476 Å². The number of aliphatic hydroxyl groups is 1. The lowest BCUT2D eigenvalue weighted by atomic mass is 10.3. The summed E-state index contributed by atoms with van der Waals surface area (Å²) in [5.74, 6) is 25.7. The van der Waals surface area contributed by atoms with Gasteiger partial charge in [-0.15, -0.1) is 11.8 Å². The first kappa shape index (κ1) is 72.8. The van der Waals surface area contributed by atoms with E-state index in [2.05, 4.69) is 121 Å². The van der Waals surface area contributed by atoms with Crippen LogP contribution in [0.5, 0.6) is 0 Å². The van der Waals surface area contributed by atoms with Crippen molar-refractivity contribution in [3.63, 3.8) is 0 Å². The van der Waals surface area contributed by atoms with E-state index in [1.165, 1.54) is 27.5 Å². The molecule has 0 aromatic carbocycles. The van der Waals surface area contributed by atoms with Crippen molar-refractivity contribution in [1.82, 2.24) is 47.8 Å². The molecule has 5 aromatic rings. The fourth-order valence-corrected chi connectivity index (χ4v) is 6.58. The molecule has 0 saturated carbocycles. The number of nitro groups is 5. The lowest BCUT2D eigenvalue weighted by molar-refractivity contribution is -0.390. The van der Waals surface area contributed by atoms with Crippen molar-refractivity contribution in [2.75, 3.05) is 0 Å². The van der Waals surface area contributed by atoms with Crippen molar-refractivity contribution in [3.8, 4) is 59.2 Å². The Kier molecular flexibility index (Phi) is 34.1. The van der Waals surface area contributed by atoms with Gasteiger partial charge in [0.15, 0.2) is 11.4 Å². The van der Waals surface area contributed by atoms with Gasteiger partial charge >= 0.3 is 41.0 Å². The second-order valence-corrected chi connectivity index (χ2v) is 15.5. The van der Waals surface area contributed by atoms with Gasteiger partial charge in [0, 0.05) is 65.0 Å². The highest BCUT2D eigenvalue weighted by molar-refractivity contribution is 9.10. The number of carbonyl (C=O) groups is 2. The average molecular weight is 1250 g/mol. The van der Waals surface area contributed by atoms with Crippen LogP contribution in [0.2, 0.25) is 0 Å². The monoisotopic (exact) mass is 1240 g/mol. The van der Waals surface area contributed by atoms with E-state index in [-0.39, 0.29) is 71.0 Å². The molecule has 30 nitrogen and oxygen atoms in total. The van der Waals surface area contributed by atoms with Crippen molar-refractivity contribution in [2.45, 2.75) is 108 Å². The molecule has 0 amide bonds. The van der Waals surface area contributed by atoms with Crippen LogP contribution in [0, 0.1) is 110 Å². The van der Waals surface area contributed by atoms with Gasteiger partial charge in [-0.3, -0.25) is 32.4 Å². The van der Waals surface area contributed by atoms with Crippen molar-refractivity contribution in [3.05, 3.63) is 107 Å². The van der Waals surface area contributed by atoms with E-state index in [0.29, 0.717) is 39.5 Å². The maximum atomic E-state index is 10.8. The molecule has 0 aliphatic rings. The van der Waals surface area contributed by atoms with Crippen LogP contribution in [0.4, 0.5) is 29.1 Å². The predicted octanol–water partition coefficient (Wildman–Crippen LogP) is 7.02. The third-order valence-electron chi connectivity index (χ3n) is 9.41. The zero-order chi connectivity index (χ0) is 62.1. The Balaban J connectivity index is 0. The van der Waals surface area contributed by atoms with E-state index < -0.39 is 43.2 Å². The van der Waals surface area contributed by atoms with E-state index in [0.717, 1.165) is 0 Å². The van der Waals surface area contributed by atoms with Crippen molar-refractivity contribution < 1.29 is 48.8 Å². The number of imidazole rings is 5. The van der Waals surface area contributed by atoms with Crippen LogP contribution in [-0.2, 0) is 85.9 Å². The van der Waals surface area contributed by atoms with Gasteiger partial charge in [-0.1, -0.05) is 60.4 Å². The lowest BCUT2D eigenvalue weighted by Crippen LogP contribution is -2.06. The zero-order valence-electron chi connectivity index (χ0n) is 46.7. The number of ether oxygens (including phenoxy) is 2. The first-order valence-corrected chi connectivity index (χ1v) is 24.7. The Morgan fingerprint density at radius 3 is 0.988 bits per heavy atom. The van der Waals surface area contributed by atoms with Gasteiger partial charge in [-0.2, -0.15) is 0 Å². The van der Waals surface area contributed by atoms with Gasteiger partial charge in [0.2, 0.25) is 0 Å². The molecule has 0 aliphatic heterocycles. The second-order valence-electron chi connectivity index (χ2n) is 14.3. The zero-order valence-corrected chi connectivity index (χ0v) is 49.8. The van der Waals surface area contributed by atoms with Crippen molar-refractivity contribution in [2.24, 2.45) is 35.2 Å². The van der Waals surface area contributed by atoms with Crippen LogP contribution in [0.15, 0.2) is 4.73 Å². The molecule has 1 N–H and O–H groups in total. The molecule has 0 spiro atoms. The summed E-state index contributed by atoms with van der Waals surface area (Å²) < 4.78 is 17.3. The summed E-state index contributed by atoms with van der Waals surface area (Å²) in [5.41, 5.74) is 1.73. The molecular weight excluding hydrogens is 1190 g/mol. The molecule has 0 radical (unpaired) electrons. The number of esters is 2. The summed E-state index contributed by atoms with van der Waals surface area (Å²) in [6, 6.07) is 0. The van der Waals surface area contributed by atoms with Crippen LogP contribution >= 0.6 is 31.9 Å². The summed E-state index contributed by atoms with van der Waals surface area (Å²) >= 11 is 6.23. The quantitative estimate of drug-likeness (QED) is 0.0431. The minimum absolute atomic E-state index is 0.0900. The number of nitrogens with zero attached hydrogens (tertiary/aromatic N) is 15.